The Balaban J connectivity index is 0.00000261. The van der Waals surface area contributed by atoms with E-state index >= 15 is 0 Å². The third-order valence-electron chi connectivity index (χ3n) is 4.67. The lowest BCUT2D eigenvalue weighted by Gasteiger charge is -2.38. The topological polar surface area (TPSA) is 57.9 Å². The summed E-state index contributed by atoms with van der Waals surface area (Å²) < 4.78 is 7.33. The highest BCUT2D eigenvalue weighted by atomic mass is 127. The van der Waals surface area contributed by atoms with Crippen LogP contribution in [-0.4, -0.2) is 67.5 Å². The molecule has 3 rings (SSSR count). The molecule has 0 bridgehead atoms. The molecular formula is C19H29IN6O. The molecule has 0 spiro atoms. The molecule has 0 aliphatic carbocycles. The molecule has 1 saturated heterocycles. The van der Waals surface area contributed by atoms with E-state index in [4.69, 9.17) is 4.74 Å². The van der Waals surface area contributed by atoms with Crippen LogP contribution >= 0.6 is 24.0 Å². The lowest BCUT2D eigenvalue weighted by Crippen LogP contribution is -2.52. The normalized spacial score (nSPS) is 14.7. The molecule has 0 atom stereocenters. The number of aliphatic imine (C=N–C) groups is 1. The number of aryl methyl sites for hydroxylation is 1. The summed E-state index contributed by atoms with van der Waals surface area (Å²) in [7, 11) is 5.51. The van der Waals surface area contributed by atoms with Crippen molar-refractivity contribution < 1.29 is 4.74 Å². The quantitative estimate of drug-likeness (QED) is 0.400. The number of guanidine groups is 1. The Morgan fingerprint density at radius 1 is 1.22 bits per heavy atom. The number of para-hydroxylation sites is 2. The molecule has 1 aliphatic heterocycles. The SMILES string of the molecule is CN=C(NCCc1cnn(C)c1)N1CCN(c2ccccc2OC)CC1.I. The van der Waals surface area contributed by atoms with Gasteiger partial charge in [0.25, 0.3) is 0 Å². The molecule has 1 N–H and O–H groups in total. The number of aromatic nitrogens is 2. The van der Waals surface area contributed by atoms with Crippen LogP contribution in [0.15, 0.2) is 41.7 Å². The molecule has 0 saturated carbocycles. The maximum atomic E-state index is 5.49. The third kappa shape index (κ3) is 5.50. The fourth-order valence-corrected chi connectivity index (χ4v) is 3.30. The highest BCUT2D eigenvalue weighted by molar-refractivity contribution is 14.0. The minimum absolute atomic E-state index is 0. The molecule has 27 heavy (non-hydrogen) atoms. The number of halogens is 1. The monoisotopic (exact) mass is 484 g/mol. The summed E-state index contributed by atoms with van der Waals surface area (Å²) in [6, 6.07) is 8.20. The summed E-state index contributed by atoms with van der Waals surface area (Å²) >= 11 is 0. The lowest BCUT2D eigenvalue weighted by molar-refractivity contribution is 0.367. The fraction of sp³-hybridized carbons (Fsp3) is 0.474. The van der Waals surface area contributed by atoms with E-state index in [1.165, 1.54) is 5.56 Å². The summed E-state index contributed by atoms with van der Waals surface area (Å²) in [5.74, 6) is 1.90. The highest BCUT2D eigenvalue weighted by Crippen LogP contribution is 2.28. The zero-order chi connectivity index (χ0) is 18.4. The third-order valence-corrected chi connectivity index (χ3v) is 4.67. The van der Waals surface area contributed by atoms with Crippen molar-refractivity contribution in [3.05, 3.63) is 42.2 Å². The van der Waals surface area contributed by atoms with Crippen molar-refractivity contribution in [3.8, 4) is 5.75 Å². The molecule has 0 unspecified atom stereocenters. The predicted molar refractivity (Wildman–Crippen MR) is 120 cm³/mol. The van der Waals surface area contributed by atoms with Gasteiger partial charge >= 0.3 is 0 Å². The molecule has 1 fully saturated rings. The van der Waals surface area contributed by atoms with Crippen molar-refractivity contribution in [2.45, 2.75) is 6.42 Å². The van der Waals surface area contributed by atoms with Gasteiger partial charge in [-0.3, -0.25) is 9.67 Å². The maximum absolute atomic E-state index is 5.49. The van der Waals surface area contributed by atoms with Crippen LogP contribution in [0.1, 0.15) is 5.56 Å². The Labute approximate surface area is 178 Å². The molecule has 8 heteroatoms. The number of piperazine rings is 1. The zero-order valence-corrected chi connectivity index (χ0v) is 18.6. The van der Waals surface area contributed by atoms with Crippen LogP contribution < -0.4 is 15.0 Å². The van der Waals surface area contributed by atoms with Crippen molar-refractivity contribution in [1.82, 2.24) is 20.0 Å². The zero-order valence-electron chi connectivity index (χ0n) is 16.3. The molecule has 7 nitrogen and oxygen atoms in total. The number of nitrogens with zero attached hydrogens (tertiary/aromatic N) is 5. The van der Waals surface area contributed by atoms with Gasteiger partial charge in [-0.2, -0.15) is 5.10 Å². The molecule has 1 aromatic heterocycles. The van der Waals surface area contributed by atoms with E-state index in [9.17, 15) is 0 Å². The molecule has 0 amide bonds. The molecule has 148 valence electrons. The van der Waals surface area contributed by atoms with Gasteiger partial charge in [0.1, 0.15) is 5.75 Å². The second-order valence-electron chi connectivity index (χ2n) is 6.39. The van der Waals surface area contributed by atoms with E-state index < -0.39 is 0 Å². The summed E-state index contributed by atoms with van der Waals surface area (Å²) in [4.78, 5) is 9.13. The number of hydrogen-bond acceptors (Lipinski definition) is 4. The summed E-state index contributed by atoms with van der Waals surface area (Å²) in [5.41, 5.74) is 2.39. The number of hydrogen-bond donors (Lipinski definition) is 1. The fourth-order valence-electron chi connectivity index (χ4n) is 3.30. The predicted octanol–water partition coefficient (Wildman–Crippen LogP) is 1.99. The van der Waals surface area contributed by atoms with Crippen LogP contribution in [0.3, 0.4) is 0 Å². The molecule has 1 aliphatic rings. The van der Waals surface area contributed by atoms with Gasteiger partial charge in [-0.15, -0.1) is 24.0 Å². The smallest absolute Gasteiger partial charge is 0.193 e. The Bertz CT molecular complexity index is 739. The van der Waals surface area contributed by atoms with Gasteiger partial charge in [0.05, 0.1) is 19.0 Å². The van der Waals surface area contributed by atoms with E-state index in [0.717, 1.165) is 56.5 Å². The van der Waals surface area contributed by atoms with E-state index in [-0.39, 0.29) is 24.0 Å². The van der Waals surface area contributed by atoms with E-state index in [1.807, 2.05) is 37.1 Å². The van der Waals surface area contributed by atoms with Gasteiger partial charge in [-0.1, -0.05) is 12.1 Å². The first-order chi connectivity index (χ1) is 12.7. The van der Waals surface area contributed by atoms with Crippen LogP contribution in [0.4, 0.5) is 5.69 Å². The highest BCUT2D eigenvalue weighted by Gasteiger charge is 2.21. The average Bonchev–Trinajstić information content (AvgIpc) is 3.10. The van der Waals surface area contributed by atoms with Gasteiger partial charge in [0, 0.05) is 53.0 Å². The average molecular weight is 484 g/mol. The Morgan fingerprint density at radius 2 is 1.96 bits per heavy atom. The van der Waals surface area contributed by atoms with E-state index in [2.05, 4.69) is 43.5 Å². The largest absolute Gasteiger partial charge is 0.495 e. The number of methoxy groups -OCH3 is 1. The summed E-state index contributed by atoms with van der Waals surface area (Å²) in [5, 5.41) is 7.68. The van der Waals surface area contributed by atoms with Crippen LogP contribution in [0.25, 0.3) is 0 Å². The Hall–Kier alpha value is -1.97. The number of benzene rings is 1. The number of ether oxygens (including phenoxy) is 1. The van der Waals surface area contributed by atoms with Gasteiger partial charge in [0.2, 0.25) is 0 Å². The van der Waals surface area contributed by atoms with Gasteiger partial charge in [-0.05, 0) is 24.1 Å². The van der Waals surface area contributed by atoms with Crippen molar-refractivity contribution in [1.29, 1.82) is 0 Å². The molecule has 2 heterocycles. The van der Waals surface area contributed by atoms with E-state index in [0.29, 0.717) is 0 Å². The molecule has 2 aromatic rings. The first-order valence-electron chi connectivity index (χ1n) is 9.02. The minimum Gasteiger partial charge on any atom is -0.495 e. The van der Waals surface area contributed by atoms with E-state index in [1.54, 1.807) is 7.11 Å². The van der Waals surface area contributed by atoms with Crippen molar-refractivity contribution in [3.63, 3.8) is 0 Å². The van der Waals surface area contributed by atoms with Gasteiger partial charge in [-0.25, -0.2) is 0 Å². The van der Waals surface area contributed by atoms with Gasteiger partial charge < -0.3 is 19.9 Å². The van der Waals surface area contributed by atoms with Crippen molar-refractivity contribution in [2.75, 3.05) is 51.8 Å². The van der Waals surface area contributed by atoms with Crippen LogP contribution in [0.2, 0.25) is 0 Å². The number of rotatable bonds is 5. The first-order valence-corrected chi connectivity index (χ1v) is 9.02. The van der Waals surface area contributed by atoms with Crippen LogP contribution in [-0.2, 0) is 13.5 Å². The van der Waals surface area contributed by atoms with Gasteiger partial charge in [0.15, 0.2) is 5.96 Å². The van der Waals surface area contributed by atoms with Crippen LogP contribution in [0, 0.1) is 0 Å². The summed E-state index contributed by atoms with van der Waals surface area (Å²) in [6.07, 6.45) is 4.90. The number of nitrogens with one attached hydrogen (secondary N) is 1. The van der Waals surface area contributed by atoms with Crippen LogP contribution in [0.5, 0.6) is 5.75 Å². The molecular weight excluding hydrogens is 455 g/mol. The lowest BCUT2D eigenvalue weighted by atomic mass is 10.2. The minimum atomic E-state index is 0. The second-order valence-corrected chi connectivity index (χ2v) is 6.39. The second kappa shape index (κ2) is 10.4. The molecule has 1 aromatic carbocycles. The van der Waals surface area contributed by atoms with Crippen molar-refractivity contribution >= 4 is 35.6 Å². The first kappa shape index (κ1) is 21.3. The van der Waals surface area contributed by atoms with Crippen molar-refractivity contribution in [2.24, 2.45) is 12.0 Å². The summed E-state index contributed by atoms with van der Waals surface area (Å²) in [6.45, 7) is 4.62. The Morgan fingerprint density at radius 3 is 2.59 bits per heavy atom. The Kier molecular flexibility index (Phi) is 8.21. The standard InChI is InChI=1S/C19H28N6O.HI/c1-20-19(21-9-8-16-14-22-23(2)15-16)25-12-10-24(11-13-25)17-6-4-5-7-18(17)26-3;/h4-7,14-15H,8-13H2,1-3H3,(H,20,21);1H. The maximum Gasteiger partial charge on any atom is 0.193 e. The number of anilines is 1. The molecule has 0 radical (unpaired) electrons.